The van der Waals surface area contributed by atoms with Crippen LogP contribution in [0.2, 0.25) is 0 Å². The van der Waals surface area contributed by atoms with Crippen LogP contribution in [0.3, 0.4) is 0 Å². The minimum atomic E-state index is -1.13. The Hall–Kier alpha value is -4.34. The zero-order valence-electron chi connectivity index (χ0n) is 24.5. The molecule has 4 rings (SSSR count). The number of amides is 2. The van der Waals surface area contributed by atoms with E-state index in [1.165, 1.54) is 6.42 Å². The van der Waals surface area contributed by atoms with Gasteiger partial charge in [0, 0.05) is 12.5 Å². The fourth-order valence-corrected chi connectivity index (χ4v) is 5.23. The highest BCUT2D eigenvalue weighted by Crippen LogP contribution is 2.42. The van der Waals surface area contributed by atoms with Gasteiger partial charge < -0.3 is 25.2 Å². The summed E-state index contributed by atoms with van der Waals surface area (Å²) >= 11 is 0. The highest BCUT2D eigenvalue weighted by atomic mass is 16.5. The smallest absolute Gasteiger partial charge is 0.322 e. The molecule has 1 atom stereocenters. The third-order valence-electron chi connectivity index (χ3n) is 7.55. The van der Waals surface area contributed by atoms with Crippen molar-refractivity contribution in [2.24, 2.45) is 5.92 Å². The Bertz CT molecular complexity index is 1360. The van der Waals surface area contributed by atoms with Crippen LogP contribution in [0.1, 0.15) is 74.5 Å². The predicted molar refractivity (Wildman–Crippen MR) is 158 cm³/mol. The molecular formula is C32H40N4O6. The summed E-state index contributed by atoms with van der Waals surface area (Å²) in [4.78, 5) is 36.7. The fraction of sp³-hybridized carbons (Fsp3) is 0.438. The van der Waals surface area contributed by atoms with E-state index in [1.54, 1.807) is 13.2 Å². The second kappa shape index (κ2) is 14.5. The lowest BCUT2D eigenvalue weighted by atomic mass is 9.95. The van der Waals surface area contributed by atoms with Crippen molar-refractivity contribution in [2.45, 2.75) is 71.1 Å². The van der Waals surface area contributed by atoms with Crippen LogP contribution in [0, 0.1) is 5.92 Å². The number of carboxylic acid groups (broad SMARTS) is 1. The highest BCUT2D eigenvalue weighted by Gasteiger charge is 2.28. The average molecular weight is 577 g/mol. The predicted octanol–water partition coefficient (Wildman–Crippen LogP) is 4.99. The lowest BCUT2D eigenvalue weighted by Crippen LogP contribution is -2.43. The molecule has 3 N–H and O–H groups in total. The first kappa shape index (κ1) is 30.6. The number of rotatable bonds is 13. The van der Waals surface area contributed by atoms with Crippen LogP contribution < -0.4 is 20.1 Å². The average Bonchev–Trinajstić information content (AvgIpc) is 3.44. The van der Waals surface area contributed by atoms with E-state index in [-0.39, 0.29) is 24.1 Å². The number of carbonyl (C=O) groups excluding carboxylic acids is 2. The van der Waals surface area contributed by atoms with Gasteiger partial charge in [0.15, 0.2) is 5.69 Å². The van der Waals surface area contributed by atoms with Gasteiger partial charge in [-0.1, -0.05) is 69.5 Å². The number of methoxy groups -OCH3 is 1. The molecule has 0 radical (unpaired) electrons. The molecule has 2 aromatic carbocycles. The van der Waals surface area contributed by atoms with Crippen LogP contribution in [-0.2, 0) is 16.2 Å². The first-order valence-electron chi connectivity index (χ1n) is 14.5. The summed E-state index contributed by atoms with van der Waals surface area (Å²) in [6.45, 7) is 3.69. The molecule has 0 aliphatic heterocycles. The van der Waals surface area contributed by atoms with Gasteiger partial charge in [-0.25, -0.2) is 0 Å². The Morgan fingerprint density at radius 1 is 1.02 bits per heavy atom. The number of aliphatic carboxylic acids is 1. The summed E-state index contributed by atoms with van der Waals surface area (Å²) in [5.74, 6) is -0.817. The van der Waals surface area contributed by atoms with Crippen LogP contribution >= 0.6 is 0 Å². The van der Waals surface area contributed by atoms with Crippen molar-refractivity contribution in [3.05, 3.63) is 65.9 Å². The first-order chi connectivity index (χ1) is 20.3. The summed E-state index contributed by atoms with van der Waals surface area (Å²) in [5.41, 5.74) is 2.71. The van der Waals surface area contributed by atoms with Gasteiger partial charge >= 0.3 is 5.97 Å². The zero-order valence-corrected chi connectivity index (χ0v) is 24.5. The monoisotopic (exact) mass is 576 g/mol. The Morgan fingerprint density at radius 2 is 1.74 bits per heavy atom. The van der Waals surface area contributed by atoms with Gasteiger partial charge in [0.25, 0.3) is 5.91 Å². The van der Waals surface area contributed by atoms with Gasteiger partial charge in [-0.2, -0.15) is 5.10 Å². The van der Waals surface area contributed by atoms with E-state index in [4.69, 9.17) is 19.7 Å². The maximum absolute atomic E-state index is 13.6. The fourth-order valence-electron chi connectivity index (χ4n) is 5.23. The number of ether oxygens (including phenoxy) is 2. The highest BCUT2D eigenvalue weighted by molar-refractivity contribution is 5.94. The Kier molecular flexibility index (Phi) is 10.6. The molecule has 2 amide bonds. The van der Waals surface area contributed by atoms with Crippen molar-refractivity contribution < 1.29 is 29.0 Å². The van der Waals surface area contributed by atoms with E-state index in [9.17, 15) is 14.4 Å². The van der Waals surface area contributed by atoms with Crippen molar-refractivity contribution in [1.82, 2.24) is 20.4 Å². The molecule has 1 saturated carbocycles. The SMILES string of the molecule is COc1cccc(OCc2ccccc2)c1-c1cc(C(=O)NC(CC(=O)NCC(=O)O)C(C)C)nn1C1CCCCC1. The molecule has 42 heavy (non-hydrogen) atoms. The number of nitrogens with one attached hydrogen (secondary N) is 2. The number of aromatic nitrogens is 2. The minimum Gasteiger partial charge on any atom is -0.496 e. The van der Waals surface area contributed by atoms with Crippen LogP contribution in [-0.4, -0.2) is 52.4 Å². The van der Waals surface area contributed by atoms with Crippen molar-refractivity contribution in [1.29, 1.82) is 0 Å². The molecule has 0 spiro atoms. The Morgan fingerprint density at radius 3 is 2.40 bits per heavy atom. The van der Waals surface area contributed by atoms with Crippen molar-refractivity contribution >= 4 is 17.8 Å². The number of carbonyl (C=O) groups is 3. The quantitative estimate of drug-likeness (QED) is 0.261. The lowest BCUT2D eigenvalue weighted by Gasteiger charge is -2.25. The molecule has 10 nitrogen and oxygen atoms in total. The van der Waals surface area contributed by atoms with Crippen LogP contribution in [0.5, 0.6) is 11.5 Å². The first-order valence-corrected chi connectivity index (χ1v) is 14.5. The number of benzene rings is 2. The number of hydrogen-bond acceptors (Lipinski definition) is 6. The van der Waals surface area contributed by atoms with Gasteiger partial charge in [0.2, 0.25) is 5.91 Å². The third kappa shape index (κ3) is 7.90. The van der Waals surface area contributed by atoms with Gasteiger partial charge in [-0.05, 0) is 42.5 Å². The van der Waals surface area contributed by atoms with Crippen LogP contribution in [0.25, 0.3) is 11.3 Å². The minimum absolute atomic E-state index is 0.0448. The summed E-state index contributed by atoms with van der Waals surface area (Å²) in [6.07, 6.45) is 5.18. The zero-order chi connectivity index (χ0) is 30.1. The van der Waals surface area contributed by atoms with Gasteiger partial charge in [0.1, 0.15) is 24.7 Å². The van der Waals surface area contributed by atoms with E-state index < -0.39 is 30.4 Å². The van der Waals surface area contributed by atoms with Crippen LogP contribution in [0.4, 0.5) is 0 Å². The maximum atomic E-state index is 13.6. The normalized spacial score (nSPS) is 14.3. The molecule has 1 fully saturated rings. The topological polar surface area (TPSA) is 132 Å². The van der Waals surface area contributed by atoms with E-state index in [1.807, 2.05) is 67.1 Å². The van der Waals surface area contributed by atoms with Gasteiger partial charge in [-0.3, -0.25) is 19.1 Å². The van der Waals surface area contributed by atoms with Crippen molar-refractivity contribution in [2.75, 3.05) is 13.7 Å². The molecule has 0 bridgehead atoms. The molecule has 0 saturated heterocycles. The molecule has 224 valence electrons. The lowest BCUT2D eigenvalue weighted by molar-refractivity contribution is -0.138. The molecule has 1 aliphatic carbocycles. The molecule has 3 aromatic rings. The Balaban J connectivity index is 1.67. The molecular weight excluding hydrogens is 536 g/mol. The van der Waals surface area contributed by atoms with Crippen molar-refractivity contribution in [3.8, 4) is 22.8 Å². The van der Waals surface area contributed by atoms with Gasteiger partial charge in [0.05, 0.1) is 24.4 Å². The standard InChI is InChI=1S/C32H40N4O6/c1-21(2)24(18-29(37)33-19-30(38)39)34-32(40)25-17-26(36(35-25)23-13-8-5-9-14-23)31-27(41-3)15-10-16-28(31)42-20-22-11-6-4-7-12-22/h4,6-7,10-12,15-17,21,23-24H,5,8-9,13-14,18-20H2,1-3H3,(H,33,37)(H,34,40)(H,38,39). The largest absolute Gasteiger partial charge is 0.496 e. The number of carboxylic acids is 1. The van der Waals surface area contributed by atoms with Crippen molar-refractivity contribution in [3.63, 3.8) is 0 Å². The van der Waals surface area contributed by atoms with E-state index in [0.29, 0.717) is 18.1 Å². The second-order valence-corrected chi connectivity index (χ2v) is 11.0. The molecule has 10 heteroatoms. The molecule has 1 unspecified atom stereocenters. The van der Waals surface area contributed by atoms with Gasteiger partial charge in [-0.15, -0.1) is 0 Å². The van der Waals surface area contributed by atoms with E-state index in [2.05, 4.69) is 10.6 Å². The third-order valence-corrected chi connectivity index (χ3v) is 7.55. The molecule has 1 aromatic heterocycles. The summed E-state index contributed by atoms with van der Waals surface area (Å²) in [7, 11) is 1.61. The van der Waals surface area contributed by atoms with Crippen LogP contribution in [0.15, 0.2) is 54.6 Å². The molecule has 1 aliphatic rings. The second-order valence-electron chi connectivity index (χ2n) is 11.0. The molecule has 1 heterocycles. The number of hydrogen-bond donors (Lipinski definition) is 3. The summed E-state index contributed by atoms with van der Waals surface area (Å²) in [5, 5.41) is 19.0. The Labute approximate surface area is 246 Å². The summed E-state index contributed by atoms with van der Waals surface area (Å²) in [6, 6.07) is 16.9. The number of nitrogens with zero attached hydrogens (tertiary/aromatic N) is 2. The van der Waals surface area contributed by atoms with E-state index >= 15 is 0 Å². The summed E-state index contributed by atoms with van der Waals surface area (Å²) < 4.78 is 14.0. The van der Waals surface area contributed by atoms with E-state index in [0.717, 1.165) is 42.5 Å². The maximum Gasteiger partial charge on any atom is 0.322 e.